The molecule has 0 spiro atoms. The molecule has 10 heteroatoms. The molecule has 0 saturated carbocycles. The molecular formula is C21H26N8OS. The first-order valence-electron chi connectivity index (χ1n) is 9.64. The van der Waals surface area contributed by atoms with Crippen molar-refractivity contribution in [3.8, 4) is 0 Å². The number of nitrogens with zero attached hydrogens (tertiary/aromatic N) is 5. The van der Waals surface area contributed by atoms with Gasteiger partial charge < -0.3 is 16.1 Å². The Morgan fingerprint density at radius 3 is 2.55 bits per heavy atom. The standard InChI is InChI=1S/C21H26N8OS/c1-15-4-6-16(7-5-15)12-23-19(30)14-31-21-27-26-20(29(21)22)25-24-13-17-8-10-18(11-9-17)28(2)3/h4-11,13H,12,14,22H2,1-3H3,(H,23,30)(H,25,26)/b24-13+. The summed E-state index contributed by atoms with van der Waals surface area (Å²) in [5, 5.41) is 15.4. The average molecular weight is 439 g/mol. The van der Waals surface area contributed by atoms with Crippen molar-refractivity contribution in [2.24, 2.45) is 5.10 Å². The number of aryl methyl sites for hydroxylation is 1. The Labute approximate surface area is 185 Å². The van der Waals surface area contributed by atoms with Gasteiger partial charge in [-0.15, -0.1) is 10.2 Å². The highest BCUT2D eigenvalue weighted by atomic mass is 32.2. The summed E-state index contributed by atoms with van der Waals surface area (Å²) in [6.45, 7) is 2.50. The number of anilines is 2. The normalized spacial score (nSPS) is 10.9. The highest BCUT2D eigenvalue weighted by Gasteiger charge is 2.11. The number of thioether (sulfide) groups is 1. The molecule has 1 aromatic heterocycles. The zero-order chi connectivity index (χ0) is 22.2. The minimum Gasteiger partial charge on any atom is -0.378 e. The molecule has 0 bridgehead atoms. The van der Waals surface area contributed by atoms with Crippen molar-refractivity contribution in [1.82, 2.24) is 20.2 Å². The van der Waals surface area contributed by atoms with Crippen molar-refractivity contribution in [2.75, 3.05) is 36.0 Å². The Bertz CT molecular complexity index is 1030. The zero-order valence-corrected chi connectivity index (χ0v) is 18.6. The van der Waals surface area contributed by atoms with Gasteiger partial charge in [0.2, 0.25) is 11.1 Å². The van der Waals surface area contributed by atoms with Crippen molar-refractivity contribution in [1.29, 1.82) is 0 Å². The van der Waals surface area contributed by atoms with E-state index in [1.165, 1.54) is 22.0 Å². The number of carbonyl (C=O) groups excluding carboxylic acids is 1. The molecule has 31 heavy (non-hydrogen) atoms. The quantitative estimate of drug-likeness (QED) is 0.203. The van der Waals surface area contributed by atoms with Crippen LogP contribution in [0.2, 0.25) is 0 Å². The third-order valence-electron chi connectivity index (χ3n) is 4.39. The van der Waals surface area contributed by atoms with Crippen molar-refractivity contribution in [3.05, 3.63) is 65.2 Å². The molecule has 2 aromatic carbocycles. The second-order valence-corrected chi connectivity index (χ2v) is 8.03. The second-order valence-electron chi connectivity index (χ2n) is 7.08. The number of hydrazone groups is 1. The molecule has 4 N–H and O–H groups in total. The first-order valence-corrected chi connectivity index (χ1v) is 10.6. The highest BCUT2D eigenvalue weighted by Crippen LogP contribution is 2.16. The van der Waals surface area contributed by atoms with E-state index in [-0.39, 0.29) is 17.6 Å². The van der Waals surface area contributed by atoms with E-state index >= 15 is 0 Å². The number of amides is 1. The molecule has 0 atom stereocenters. The van der Waals surface area contributed by atoms with Crippen LogP contribution >= 0.6 is 11.8 Å². The maximum Gasteiger partial charge on any atom is 0.264 e. The molecule has 162 valence electrons. The maximum absolute atomic E-state index is 12.1. The van der Waals surface area contributed by atoms with Crippen molar-refractivity contribution in [3.63, 3.8) is 0 Å². The molecule has 3 rings (SSSR count). The third-order valence-corrected chi connectivity index (χ3v) is 5.34. The summed E-state index contributed by atoms with van der Waals surface area (Å²) in [7, 11) is 3.98. The zero-order valence-electron chi connectivity index (χ0n) is 17.7. The van der Waals surface area contributed by atoms with E-state index in [0.29, 0.717) is 11.7 Å². The van der Waals surface area contributed by atoms with E-state index in [1.807, 2.05) is 74.4 Å². The lowest BCUT2D eigenvalue weighted by Crippen LogP contribution is -2.25. The van der Waals surface area contributed by atoms with Gasteiger partial charge in [-0.25, -0.2) is 10.1 Å². The van der Waals surface area contributed by atoms with Crippen LogP contribution in [0.15, 0.2) is 58.8 Å². The first-order chi connectivity index (χ1) is 14.9. The number of nitrogen functional groups attached to an aromatic ring is 1. The lowest BCUT2D eigenvalue weighted by Gasteiger charge is -2.11. The van der Waals surface area contributed by atoms with Gasteiger partial charge in [-0.2, -0.15) is 5.10 Å². The number of nitrogens with two attached hydrogens (primary N) is 1. The molecular weight excluding hydrogens is 412 g/mol. The van der Waals surface area contributed by atoms with Gasteiger partial charge in [-0.3, -0.25) is 4.79 Å². The number of nitrogens with one attached hydrogen (secondary N) is 2. The Hall–Kier alpha value is -3.53. The summed E-state index contributed by atoms with van der Waals surface area (Å²) >= 11 is 1.20. The van der Waals surface area contributed by atoms with Crippen LogP contribution in [0.25, 0.3) is 0 Å². The molecule has 0 radical (unpaired) electrons. The molecule has 3 aromatic rings. The number of rotatable bonds is 9. The van der Waals surface area contributed by atoms with Gasteiger partial charge in [0.05, 0.1) is 12.0 Å². The largest absolute Gasteiger partial charge is 0.378 e. The molecule has 0 aliphatic carbocycles. The van der Waals surface area contributed by atoms with Crippen LogP contribution in [0.5, 0.6) is 0 Å². The SMILES string of the molecule is Cc1ccc(CNC(=O)CSc2nnc(N/N=C/c3ccc(N(C)C)cc3)n2N)cc1. The van der Waals surface area contributed by atoms with Crippen LogP contribution in [-0.4, -0.2) is 46.8 Å². The number of hydrogen-bond acceptors (Lipinski definition) is 8. The summed E-state index contributed by atoms with van der Waals surface area (Å²) in [6.07, 6.45) is 1.67. The molecule has 1 heterocycles. The Morgan fingerprint density at radius 2 is 1.87 bits per heavy atom. The number of benzene rings is 2. The lowest BCUT2D eigenvalue weighted by molar-refractivity contribution is -0.118. The average Bonchev–Trinajstić information content (AvgIpc) is 3.11. The van der Waals surface area contributed by atoms with Crippen LogP contribution in [0.1, 0.15) is 16.7 Å². The molecule has 1 amide bonds. The molecule has 0 saturated heterocycles. The fourth-order valence-corrected chi connectivity index (χ4v) is 3.25. The van der Waals surface area contributed by atoms with Gasteiger partial charge >= 0.3 is 0 Å². The van der Waals surface area contributed by atoms with Crippen molar-refractivity contribution in [2.45, 2.75) is 18.6 Å². The van der Waals surface area contributed by atoms with Gasteiger partial charge in [0, 0.05) is 26.3 Å². The topological polar surface area (TPSA) is 113 Å². The summed E-state index contributed by atoms with van der Waals surface area (Å²) < 4.78 is 1.27. The third kappa shape index (κ3) is 6.48. The van der Waals surface area contributed by atoms with Gasteiger partial charge in [0.25, 0.3) is 5.95 Å². The van der Waals surface area contributed by atoms with Crippen LogP contribution in [0, 0.1) is 6.92 Å². The Kier molecular flexibility index (Phi) is 7.50. The smallest absolute Gasteiger partial charge is 0.264 e. The van der Waals surface area contributed by atoms with Gasteiger partial charge in [0.1, 0.15) is 0 Å². The number of carbonyl (C=O) groups is 1. The predicted octanol–water partition coefficient (Wildman–Crippen LogP) is 2.22. The van der Waals surface area contributed by atoms with Crippen LogP contribution < -0.4 is 21.5 Å². The van der Waals surface area contributed by atoms with E-state index in [0.717, 1.165) is 16.8 Å². The number of aromatic nitrogens is 3. The summed E-state index contributed by atoms with van der Waals surface area (Å²) in [4.78, 5) is 14.1. The van der Waals surface area contributed by atoms with E-state index in [9.17, 15) is 4.79 Å². The summed E-state index contributed by atoms with van der Waals surface area (Å²) in [5.74, 6) is 6.35. The summed E-state index contributed by atoms with van der Waals surface area (Å²) in [5.41, 5.74) is 7.04. The van der Waals surface area contributed by atoms with Gasteiger partial charge in [-0.1, -0.05) is 53.7 Å². The maximum atomic E-state index is 12.1. The first kappa shape index (κ1) is 22.2. The molecule has 9 nitrogen and oxygen atoms in total. The van der Waals surface area contributed by atoms with E-state index in [1.54, 1.807) is 6.21 Å². The predicted molar refractivity (Wildman–Crippen MR) is 126 cm³/mol. The minimum absolute atomic E-state index is 0.109. The van der Waals surface area contributed by atoms with Crippen LogP contribution in [0.4, 0.5) is 11.6 Å². The fourth-order valence-electron chi connectivity index (χ4n) is 2.56. The van der Waals surface area contributed by atoms with E-state index in [4.69, 9.17) is 5.84 Å². The molecule has 0 aliphatic rings. The minimum atomic E-state index is -0.109. The van der Waals surface area contributed by atoms with Crippen LogP contribution in [0.3, 0.4) is 0 Å². The van der Waals surface area contributed by atoms with E-state index < -0.39 is 0 Å². The van der Waals surface area contributed by atoms with Gasteiger partial charge in [0.15, 0.2) is 0 Å². The Balaban J connectivity index is 1.46. The molecule has 0 unspecified atom stereocenters. The van der Waals surface area contributed by atoms with Crippen LogP contribution in [-0.2, 0) is 11.3 Å². The van der Waals surface area contributed by atoms with Crippen molar-refractivity contribution >= 4 is 35.5 Å². The number of hydrogen-bond donors (Lipinski definition) is 3. The molecule has 0 aliphatic heterocycles. The summed E-state index contributed by atoms with van der Waals surface area (Å²) in [6, 6.07) is 16.0. The van der Waals surface area contributed by atoms with E-state index in [2.05, 4.69) is 26.0 Å². The van der Waals surface area contributed by atoms with Gasteiger partial charge in [-0.05, 0) is 30.2 Å². The monoisotopic (exact) mass is 438 g/mol. The Morgan fingerprint density at radius 1 is 1.16 bits per heavy atom. The molecule has 0 fully saturated rings. The fraction of sp³-hybridized carbons (Fsp3) is 0.238. The second kappa shape index (κ2) is 10.5. The highest BCUT2D eigenvalue weighted by molar-refractivity contribution is 7.99. The van der Waals surface area contributed by atoms with Crippen molar-refractivity contribution < 1.29 is 4.79 Å². The lowest BCUT2D eigenvalue weighted by atomic mass is 10.1.